The Morgan fingerprint density at radius 1 is 0.839 bits per heavy atom. The monoisotopic (exact) mass is 430 g/mol. The van der Waals surface area contributed by atoms with Gasteiger partial charge in [-0.2, -0.15) is 0 Å². The summed E-state index contributed by atoms with van der Waals surface area (Å²) in [5.74, 6) is 1.12. The van der Waals surface area contributed by atoms with E-state index < -0.39 is 0 Å². The number of carbonyl (C=O) groups is 1. The number of nitrogens with one attached hydrogen (secondary N) is 1. The van der Waals surface area contributed by atoms with Gasteiger partial charge >= 0.3 is 0 Å². The van der Waals surface area contributed by atoms with E-state index in [9.17, 15) is 4.79 Å². The molecule has 0 unspecified atom stereocenters. The molecule has 0 aliphatic rings. The highest BCUT2D eigenvalue weighted by molar-refractivity contribution is 7.14. The molecule has 4 aromatic rings. The Labute approximate surface area is 185 Å². The molecule has 0 spiro atoms. The highest BCUT2D eigenvalue weighted by Gasteiger charge is 2.09. The molecule has 156 valence electrons. The Hall–Kier alpha value is -3.64. The van der Waals surface area contributed by atoms with Crippen molar-refractivity contribution in [1.29, 1.82) is 0 Å². The van der Waals surface area contributed by atoms with Gasteiger partial charge in [0.2, 0.25) is 0 Å². The number of benzene rings is 3. The molecular formula is C25H22N2O3S. The fourth-order valence-electron chi connectivity index (χ4n) is 3.03. The van der Waals surface area contributed by atoms with Crippen molar-refractivity contribution in [3.8, 4) is 33.9 Å². The number of hydrogen-bond donors (Lipinski definition) is 1. The molecule has 1 aromatic heterocycles. The summed E-state index contributed by atoms with van der Waals surface area (Å²) in [6, 6.07) is 25.6. The summed E-state index contributed by atoms with van der Waals surface area (Å²) in [7, 11) is 0. The molecule has 0 saturated heterocycles. The third-order valence-electron chi connectivity index (χ3n) is 4.54. The van der Waals surface area contributed by atoms with Gasteiger partial charge in [-0.15, -0.1) is 11.3 Å². The number of aromatic nitrogens is 1. The molecule has 3 aromatic carbocycles. The van der Waals surface area contributed by atoms with E-state index in [0.29, 0.717) is 17.5 Å². The van der Waals surface area contributed by atoms with Crippen molar-refractivity contribution in [2.24, 2.45) is 0 Å². The number of amides is 1. The van der Waals surface area contributed by atoms with Gasteiger partial charge < -0.3 is 9.47 Å². The molecule has 0 bridgehead atoms. The van der Waals surface area contributed by atoms with Gasteiger partial charge in [-0.3, -0.25) is 10.1 Å². The van der Waals surface area contributed by atoms with E-state index in [0.717, 1.165) is 22.6 Å². The quantitative estimate of drug-likeness (QED) is 0.378. The SMILES string of the molecule is CCOc1ccc(OCC(=O)Nc2nc(-c3ccc(-c4ccccc4)cc3)cs2)cc1. The summed E-state index contributed by atoms with van der Waals surface area (Å²) in [6.07, 6.45) is 0. The number of anilines is 1. The summed E-state index contributed by atoms with van der Waals surface area (Å²) in [6.45, 7) is 2.45. The minimum absolute atomic E-state index is 0.0886. The Bertz CT molecular complexity index is 1120. The average molecular weight is 431 g/mol. The van der Waals surface area contributed by atoms with Crippen LogP contribution >= 0.6 is 11.3 Å². The molecule has 0 atom stereocenters. The van der Waals surface area contributed by atoms with E-state index >= 15 is 0 Å². The molecule has 0 saturated carbocycles. The van der Waals surface area contributed by atoms with Crippen molar-refractivity contribution in [1.82, 2.24) is 4.98 Å². The normalized spacial score (nSPS) is 10.5. The second kappa shape index (κ2) is 9.91. The minimum Gasteiger partial charge on any atom is -0.494 e. The maximum absolute atomic E-state index is 12.2. The Balaban J connectivity index is 1.32. The zero-order valence-corrected chi connectivity index (χ0v) is 17.9. The first-order valence-corrected chi connectivity index (χ1v) is 10.9. The van der Waals surface area contributed by atoms with Gasteiger partial charge in [0.25, 0.3) is 5.91 Å². The summed E-state index contributed by atoms with van der Waals surface area (Å²) in [5, 5.41) is 5.26. The average Bonchev–Trinajstić information content (AvgIpc) is 3.28. The van der Waals surface area contributed by atoms with Gasteiger partial charge in [0.05, 0.1) is 12.3 Å². The fraction of sp³-hybridized carbons (Fsp3) is 0.120. The van der Waals surface area contributed by atoms with Crippen LogP contribution in [-0.2, 0) is 4.79 Å². The molecule has 1 heterocycles. The third-order valence-corrected chi connectivity index (χ3v) is 5.30. The van der Waals surface area contributed by atoms with Crippen LogP contribution in [0.4, 0.5) is 5.13 Å². The Kier molecular flexibility index (Phi) is 6.59. The molecule has 0 radical (unpaired) electrons. The Morgan fingerprint density at radius 2 is 1.45 bits per heavy atom. The summed E-state index contributed by atoms with van der Waals surface area (Å²) >= 11 is 1.39. The van der Waals surface area contributed by atoms with Crippen molar-refractivity contribution in [2.75, 3.05) is 18.5 Å². The molecule has 1 amide bonds. The van der Waals surface area contributed by atoms with E-state index in [1.807, 2.05) is 54.8 Å². The second-order valence-corrected chi connectivity index (χ2v) is 7.58. The number of thiazole rings is 1. The van der Waals surface area contributed by atoms with Crippen LogP contribution in [0.5, 0.6) is 11.5 Å². The van der Waals surface area contributed by atoms with Gasteiger partial charge in [-0.25, -0.2) is 4.98 Å². The second-order valence-electron chi connectivity index (χ2n) is 6.72. The zero-order chi connectivity index (χ0) is 21.5. The third kappa shape index (κ3) is 5.49. The highest BCUT2D eigenvalue weighted by atomic mass is 32.1. The first-order chi connectivity index (χ1) is 15.2. The maximum atomic E-state index is 12.2. The van der Waals surface area contributed by atoms with Crippen LogP contribution < -0.4 is 14.8 Å². The largest absolute Gasteiger partial charge is 0.494 e. The van der Waals surface area contributed by atoms with Crippen LogP contribution in [-0.4, -0.2) is 24.1 Å². The van der Waals surface area contributed by atoms with Crippen LogP contribution in [0.25, 0.3) is 22.4 Å². The van der Waals surface area contributed by atoms with Gasteiger partial charge in [-0.05, 0) is 42.3 Å². The molecule has 6 heteroatoms. The van der Waals surface area contributed by atoms with E-state index in [1.54, 1.807) is 12.1 Å². The first kappa shape index (κ1) is 20.6. The number of ether oxygens (including phenoxy) is 2. The summed E-state index contributed by atoms with van der Waals surface area (Å²) in [5.41, 5.74) is 4.15. The highest BCUT2D eigenvalue weighted by Crippen LogP contribution is 2.27. The van der Waals surface area contributed by atoms with Gasteiger partial charge in [-0.1, -0.05) is 54.6 Å². The minimum atomic E-state index is -0.255. The van der Waals surface area contributed by atoms with Crippen molar-refractivity contribution >= 4 is 22.4 Å². The molecule has 5 nitrogen and oxygen atoms in total. The lowest BCUT2D eigenvalue weighted by molar-refractivity contribution is -0.118. The van der Waals surface area contributed by atoms with E-state index in [4.69, 9.17) is 9.47 Å². The first-order valence-electron chi connectivity index (χ1n) is 9.98. The molecule has 0 aliphatic heterocycles. The van der Waals surface area contributed by atoms with Crippen LogP contribution in [0.2, 0.25) is 0 Å². The van der Waals surface area contributed by atoms with Crippen LogP contribution in [0.3, 0.4) is 0 Å². The van der Waals surface area contributed by atoms with Crippen molar-refractivity contribution in [2.45, 2.75) is 6.92 Å². The lowest BCUT2D eigenvalue weighted by Crippen LogP contribution is -2.20. The van der Waals surface area contributed by atoms with Gasteiger partial charge in [0.1, 0.15) is 11.5 Å². The number of nitrogens with zero attached hydrogens (tertiary/aromatic N) is 1. The standard InChI is InChI=1S/C25H22N2O3S/c1-2-29-21-12-14-22(15-13-21)30-16-24(28)27-25-26-23(17-31-25)20-10-8-19(9-11-20)18-6-4-3-5-7-18/h3-15,17H,2,16H2,1H3,(H,26,27,28). The summed E-state index contributed by atoms with van der Waals surface area (Å²) < 4.78 is 10.9. The molecule has 0 fully saturated rings. The smallest absolute Gasteiger partial charge is 0.264 e. The van der Waals surface area contributed by atoms with Gasteiger partial charge in [0.15, 0.2) is 11.7 Å². The predicted molar refractivity (Wildman–Crippen MR) is 125 cm³/mol. The summed E-state index contributed by atoms with van der Waals surface area (Å²) in [4.78, 5) is 16.7. The van der Waals surface area contributed by atoms with Crippen LogP contribution in [0.1, 0.15) is 6.92 Å². The lowest BCUT2D eigenvalue weighted by Gasteiger charge is -2.07. The molecule has 4 rings (SSSR count). The van der Waals surface area contributed by atoms with Crippen LogP contribution in [0.15, 0.2) is 84.2 Å². The number of hydrogen-bond acceptors (Lipinski definition) is 5. The zero-order valence-electron chi connectivity index (χ0n) is 17.1. The van der Waals surface area contributed by atoms with Crippen molar-refractivity contribution in [3.63, 3.8) is 0 Å². The lowest BCUT2D eigenvalue weighted by atomic mass is 10.0. The number of rotatable bonds is 8. The molecular weight excluding hydrogens is 408 g/mol. The maximum Gasteiger partial charge on any atom is 0.264 e. The predicted octanol–water partition coefficient (Wildman–Crippen LogP) is 5.89. The molecule has 31 heavy (non-hydrogen) atoms. The fourth-order valence-corrected chi connectivity index (χ4v) is 3.77. The Morgan fingerprint density at radius 3 is 2.13 bits per heavy atom. The van der Waals surface area contributed by atoms with Gasteiger partial charge in [0, 0.05) is 10.9 Å². The van der Waals surface area contributed by atoms with Crippen molar-refractivity contribution < 1.29 is 14.3 Å². The molecule has 0 aliphatic carbocycles. The molecule has 1 N–H and O–H groups in total. The van der Waals surface area contributed by atoms with Crippen molar-refractivity contribution in [3.05, 3.63) is 84.2 Å². The van der Waals surface area contributed by atoms with E-state index in [1.165, 1.54) is 16.9 Å². The van der Waals surface area contributed by atoms with E-state index in [2.05, 4.69) is 34.6 Å². The topological polar surface area (TPSA) is 60.5 Å². The van der Waals surface area contributed by atoms with Crippen LogP contribution in [0, 0.1) is 0 Å². The number of carbonyl (C=O) groups excluding carboxylic acids is 1. The van der Waals surface area contributed by atoms with E-state index in [-0.39, 0.29) is 12.5 Å².